The highest BCUT2D eigenvalue weighted by molar-refractivity contribution is 9.11. The molecule has 0 saturated heterocycles. The Labute approximate surface area is 130 Å². The van der Waals surface area contributed by atoms with Crippen LogP contribution < -0.4 is 10.5 Å². The van der Waals surface area contributed by atoms with Gasteiger partial charge in [0.25, 0.3) is 0 Å². The zero-order valence-electron chi connectivity index (χ0n) is 10.8. The summed E-state index contributed by atoms with van der Waals surface area (Å²) >= 11 is 4.60. The molecule has 9 heteroatoms. The number of nitrogens with one attached hydrogen (secondary N) is 1. The number of aryl methyl sites for hydroxylation is 1. The summed E-state index contributed by atoms with van der Waals surface area (Å²) in [5.74, 6) is 0. The lowest BCUT2D eigenvalue weighted by atomic mass is 10.3. The molecule has 2 rings (SSSR count). The van der Waals surface area contributed by atoms with Crippen LogP contribution in [-0.4, -0.2) is 24.7 Å². The fourth-order valence-electron chi connectivity index (χ4n) is 1.72. The fraction of sp³-hybridized carbons (Fsp3) is 0.364. The number of sulfonamides is 1. The van der Waals surface area contributed by atoms with E-state index in [9.17, 15) is 8.42 Å². The molecular weight excluding hydrogens is 364 g/mol. The van der Waals surface area contributed by atoms with E-state index in [1.54, 1.807) is 16.9 Å². The van der Waals surface area contributed by atoms with E-state index < -0.39 is 10.0 Å². The van der Waals surface area contributed by atoms with Crippen LogP contribution in [0.2, 0.25) is 0 Å². The maximum Gasteiger partial charge on any atom is 0.242 e. The first-order valence-corrected chi connectivity index (χ1v) is 8.98. The Balaban J connectivity index is 2.04. The SMILES string of the molecule is Cn1nccc1CCNS(=O)(=O)c1cc(CN)sc1Br. The van der Waals surface area contributed by atoms with Crippen molar-refractivity contribution in [2.75, 3.05) is 6.54 Å². The molecule has 0 spiro atoms. The van der Waals surface area contributed by atoms with Crippen molar-refractivity contribution < 1.29 is 8.42 Å². The van der Waals surface area contributed by atoms with Crippen molar-refractivity contribution in [2.24, 2.45) is 12.8 Å². The van der Waals surface area contributed by atoms with Gasteiger partial charge in [0.1, 0.15) is 4.90 Å². The molecule has 0 fully saturated rings. The Morgan fingerprint density at radius 3 is 2.85 bits per heavy atom. The van der Waals surface area contributed by atoms with Gasteiger partial charge in [-0.3, -0.25) is 4.68 Å². The third-order valence-corrected chi connectivity index (χ3v) is 6.53. The molecule has 0 saturated carbocycles. The van der Waals surface area contributed by atoms with Gasteiger partial charge in [-0.1, -0.05) is 0 Å². The van der Waals surface area contributed by atoms with Gasteiger partial charge >= 0.3 is 0 Å². The molecule has 0 atom stereocenters. The van der Waals surface area contributed by atoms with Crippen LogP contribution in [0.4, 0.5) is 0 Å². The Morgan fingerprint density at radius 2 is 2.30 bits per heavy atom. The molecule has 0 aliphatic carbocycles. The second kappa shape index (κ2) is 6.35. The second-order valence-corrected chi connectivity index (χ2v) is 8.34. The van der Waals surface area contributed by atoms with E-state index in [4.69, 9.17) is 5.73 Å². The molecule has 20 heavy (non-hydrogen) atoms. The number of rotatable bonds is 6. The average Bonchev–Trinajstić information content (AvgIpc) is 2.96. The summed E-state index contributed by atoms with van der Waals surface area (Å²) in [5, 5.41) is 4.04. The first kappa shape index (κ1) is 15.6. The second-order valence-electron chi connectivity index (χ2n) is 4.15. The minimum Gasteiger partial charge on any atom is -0.326 e. The van der Waals surface area contributed by atoms with Gasteiger partial charge < -0.3 is 5.73 Å². The van der Waals surface area contributed by atoms with Gasteiger partial charge in [-0.25, -0.2) is 13.1 Å². The summed E-state index contributed by atoms with van der Waals surface area (Å²) in [7, 11) is -1.69. The highest BCUT2D eigenvalue weighted by atomic mass is 79.9. The first-order chi connectivity index (χ1) is 9.44. The minimum atomic E-state index is -3.52. The summed E-state index contributed by atoms with van der Waals surface area (Å²) < 4.78 is 29.3. The van der Waals surface area contributed by atoms with Gasteiger partial charge in [0, 0.05) is 43.3 Å². The predicted molar refractivity (Wildman–Crippen MR) is 82.0 cm³/mol. The minimum absolute atomic E-state index is 0.243. The van der Waals surface area contributed by atoms with Crippen molar-refractivity contribution in [3.8, 4) is 0 Å². The smallest absolute Gasteiger partial charge is 0.242 e. The van der Waals surface area contributed by atoms with E-state index in [-0.39, 0.29) is 4.90 Å². The number of nitrogens with zero attached hydrogens (tertiary/aromatic N) is 2. The Hall–Kier alpha value is -0.740. The van der Waals surface area contributed by atoms with E-state index in [1.165, 1.54) is 11.3 Å². The summed E-state index contributed by atoms with van der Waals surface area (Å²) in [6, 6.07) is 3.46. The molecule has 6 nitrogen and oxygen atoms in total. The van der Waals surface area contributed by atoms with Crippen LogP contribution in [0.25, 0.3) is 0 Å². The van der Waals surface area contributed by atoms with Crippen molar-refractivity contribution >= 4 is 37.3 Å². The lowest BCUT2D eigenvalue weighted by Crippen LogP contribution is -2.26. The number of halogens is 1. The van der Waals surface area contributed by atoms with E-state index in [0.717, 1.165) is 10.6 Å². The van der Waals surface area contributed by atoms with Gasteiger partial charge in [0.2, 0.25) is 10.0 Å². The lowest BCUT2D eigenvalue weighted by Gasteiger charge is -2.06. The third kappa shape index (κ3) is 3.47. The summed E-state index contributed by atoms with van der Waals surface area (Å²) in [5.41, 5.74) is 6.49. The van der Waals surface area contributed by atoms with Crippen LogP contribution in [0.3, 0.4) is 0 Å². The topological polar surface area (TPSA) is 90.0 Å². The van der Waals surface area contributed by atoms with Crippen LogP contribution >= 0.6 is 27.3 Å². The van der Waals surface area contributed by atoms with Gasteiger partial charge in [-0.05, 0) is 28.1 Å². The molecule has 110 valence electrons. The summed E-state index contributed by atoms with van der Waals surface area (Å²) in [4.78, 5) is 1.07. The van der Waals surface area contributed by atoms with Gasteiger partial charge in [-0.15, -0.1) is 11.3 Å². The van der Waals surface area contributed by atoms with Crippen LogP contribution in [0.15, 0.2) is 27.0 Å². The number of hydrogen-bond acceptors (Lipinski definition) is 5. The van der Waals surface area contributed by atoms with Crippen molar-refractivity contribution in [3.05, 3.63) is 32.7 Å². The predicted octanol–water partition coefficient (Wildman–Crippen LogP) is 1.22. The van der Waals surface area contributed by atoms with E-state index in [1.807, 2.05) is 13.1 Å². The van der Waals surface area contributed by atoms with E-state index >= 15 is 0 Å². The number of hydrogen-bond donors (Lipinski definition) is 2. The number of aromatic nitrogens is 2. The normalized spacial score (nSPS) is 11.9. The molecule has 0 aliphatic rings. The molecular formula is C11H15BrN4O2S2. The molecule has 2 aromatic rings. The first-order valence-electron chi connectivity index (χ1n) is 5.89. The van der Waals surface area contributed by atoms with Gasteiger partial charge in [-0.2, -0.15) is 5.10 Å². The molecule has 0 aromatic carbocycles. The summed E-state index contributed by atoms with van der Waals surface area (Å²) in [6.45, 7) is 0.649. The number of nitrogens with two attached hydrogens (primary N) is 1. The molecule has 2 aromatic heterocycles. The highest BCUT2D eigenvalue weighted by Gasteiger charge is 2.20. The lowest BCUT2D eigenvalue weighted by molar-refractivity contribution is 0.579. The number of thiophene rings is 1. The van der Waals surface area contributed by atoms with Crippen LogP contribution in [0.1, 0.15) is 10.6 Å². The molecule has 3 N–H and O–H groups in total. The van der Waals surface area contributed by atoms with Crippen molar-refractivity contribution in [1.82, 2.24) is 14.5 Å². The Kier molecular flexibility index (Phi) is 4.97. The maximum atomic E-state index is 12.2. The molecule has 0 radical (unpaired) electrons. The maximum absolute atomic E-state index is 12.2. The van der Waals surface area contributed by atoms with Crippen LogP contribution in [-0.2, 0) is 30.0 Å². The molecule has 2 heterocycles. The third-order valence-electron chi connectivity index (χ3n) is 2.79. The van der Waals surface area contributed by atoms with Crippen molar-refractivity contribution in [3.63, 3.8) is 0 Å². The molecule has 0 aliphatic heterocycles. The van der Waals surface area contributed by atoms with Gasteiger partial charge in [0.15, 0.2) is 0 Å². The van der Waals surface area contributed by atoms with Crippen LogP contribution in [0, 0.1) is 0 Å². The molecule has 0 bridgehead atoms. The standard InChI is InChI=1S/C11H15BrN4O2S2/c1-16-8(2-4-14-16)3-5-15-20(17,18)10-6-9(7-13)19-11(10)12/h2,4,6,15H,3,5,7,13H2,1H3. The highest BCUT2D eigenvalue weighted by Crippen LogP contribution is 2.31. The largest absolute Gasteiger partial charge is 0.326 e. The zero-order valence-corrected chi connectivity index (χ0v) is 14.1. The quantitative estimate of drug-likeness (QED) is 0.790. The van der Waals surface area contributed by atoms with Crippen LogP contribution in [0.5, 0.6) is 0 Å². The van der Waals surface area contributed by atoms with E-state index in [2.05, 4.69) is 25.8 Å². The fourth-order valence-corrected chi connectivity index (χ4v) is 5.31. The Morgan fingerprint density at radius 1 is 1.55 bits per heavy atom. The average molecular weight is 379 g/mol. The summed E-state index contributed by atoms with van der Waals surface area (Å²) in [6.07, 6.45) is 2.27. The monoisotopic (exact) mass is 378 g/mol. The van der Waals surface area contributed by atoms with Crippen molar-refractivity contribution in [2.45, 2.75) is 17.9 Å². The molecule has 0 amide bonds. The Bertz CT molecular complexity index is 693. The van der Waals surface area contributed by atoms with Crippen molar-refractivity contribution in [1.29, 1.82) is 0 Å². The van der Waals surface area contributed by atoms with Gasteiger partial charge in [0.05, 0.1) is 3.79 Å². The van der Waals surface area contributed by atoms with E-state index in [0.29, 0.717) is 23.3 Å². The zero-order chi connectivity index (χ0) is 14.8. The molecule has 0 unspecified atom stereocenters.